The lowest BCUT2D eigenvalue weighted by atomic mass is 9.84. The van der Waals surface area contributed by atoms with Crippen LogP contribution in [-0.4, -0.2) is 35.8 Å². The third-order valence-corrected chi connectivity index (χ3v) is 5.34. The van der Waals surface area contributed by atoms with Gasteiger partial charge in [0.1, 0.15) is 5.75 Å². The molecule has 0 radical (unpaired) electrons. The molecule has 0 bridgehead atoms. The topological polar surface area (TPSA) is 75.7 Å². The van der Waals surface area contributed by atoms with Crippen molar-refractivity contribution in [3.8, 4) is 5.75 Å². The van der Waals surface area contributed by atoms with E-state index in [0.717, 1.165) is 4.90 Å². The fourth-order valence-electron chi connectivity index (χ4n) is 3.46. The molecule has 6 nitrogen and oxygen atoms in total. The predicted octanol–water partition coefficient (Wildman–Crippen LogP) is 3.41. The van der Waals surface area contributed by atoms with E-state index >= 15 is 0 Å². The Kier molecular flexibility index (Phi) is 4.32. The van der Waals surface area contributed by atoms with E-state index in [9.17, 15) is 14.4 Å². The molecule has 1 fully saturated rings. The maximum absolute atomic E-state index is 13.1. The minimum absolute atomic E-state index is 0.172. The van der Waals surface area contributed by atoms with Crippen molar-refractivity contribution in [3.63, 3.8) is 0 Å². The van der Waals surface area contributed by atoms with Crippen LogP contribution in [0.4, 0.5) is 4.79 Å². The summed E-state index contributed by atoms with van der Waals surface area (Å²) in [6, 6.07) is 10.9. The molecule has 2 aromatic carbocycles. The van der Waals surface area contributed by atoms with Crippen LogP contribution in [0.3, 0.4) is 0 Å². The molecule has 27 heavy (non-hydrogen) atoms. The number of hydrogen-bond donors (Lipinski definition) is 1. The van der Waals surface area contributed by atoms with E-state index in [-0.39, 0.29) is 17.2 Å². The van der Waals surface area contributed by atoms with Crippen molar-refractivity contribution >= 4 is 40.9 Å². The van der Waals surface area contributed by atoms with Crippen molar-refractivity contribution in [2.75, 3.05) is 13.2 Å². The average molecular weight is 405 g/mol. The van der Waals surface area contributed by atoms with Gasteiger partial charge in [-0.25, -0.2) is 4.79 Å². The molecule has 0 saturated carbocycles. The maximum atomic E-state index is 13.1. The van der Waals surface area contributed by atoms with Gasteiger partial charge in [-0.2, -0.15) is 0 Å². The third kappa shape index (κ3) is 2.85. The van der Waals surface area contributed by atoms with Gasteiger partial charge in [0.2, 0.25) is 0 Å². The van der Waals surface area contributed by atoms with E-state index in [2.05, 4.69) is 5.32 Å². The first-order chi connectivity index (χ1) is 12.9. The number of amides is 3. The number of para-hydroxylation sites is 1. The normalized spacial score (nSPS) is 21.0. The number of carbonyl (C=O) groups excluding carboxylic acids is 3. The van der Waals surface area contributed by atoms with Crippen LogP contribution in [-0.2, 0) is 10.3 Å². The Morgan fingerprint density at radius 2 is 1.96 bits per heavy atom. The summed E-state index contributed by atoms with van der Waals surface area (Å²) in [6.07, 6.45) is 0.293. The van der Waals surface area contributed by atoms with Crippen LogP contribution in [0.15, 0.2) is 42.5 Å². The van der Waals surface area contributed by atoms with Crippen molar-refractivity contribution in [2.24, 2.45) is 0 Å². The Hall–Kier alpha value is -2.57. The molecule has 0 aliphatic carbocycles. The van der Waals surface area contributed by atoms with Crippen LogP contribution < -0.4 is 10.1 Å². The lowest BCUT2D eigenvalue weighted by Crippen LogP contribution is -2.47. The van der Waals surface area contributed by atoms with Crippen LogP contribution in [0.1, 0.15) is 22.3 Å². The monoisotopic (exact) mass is 404 g/mol. The maximum Gasteiger partial charge on any atom is 0.325 e. The van der Waals surface area contributed by atoms with Gasteiger partial charge in [0.15, 0.2) is 11.3 Å². The summed E-state index contributed by atoms with van der Waals surface area (Å²) in [7, 11) is 0. The van der Waals surface area contributed by atoms with Crippen LogP contribution in [0.5, 0.6) is 5.75 Å². The minimum atomic E-state index is -1.21. The highest BCUT2D eigenvalue weighted by atomic mass is 35.5. The van der Waals surface area contributed by atoms with Crippen molar-refractivity contribution in [3.05, 3.63) is 63.6 Å². The van der Waals surface area contributed by atoms with Crippen molar-refractivity contribution in [1.29, 1.82) is 0 Å². The number of halogens is 2. The summed E-state index contributed by atoms with van der Waals surface area (Å²) in [4.78, 5) is 39.2. The van der Waals surface area contributed by atoms with Crippen LogP contribution in [0, 0.1) is 0 Å². The van der Waals surface area contributed by atoms with Crippen LogP contribution in [0.2, 0.25) is 10.0 Å². The Morgan fingerprint density at radius 1 is 1.19 bits per heavy atom. The average Bonchev–Trinajstić information content (AvgIpc) is 2.87. The van der Waals surface area contributed by atoms with Crippen LogP contribution in [0.25, 0.3) is 0 Å². The number of Topliss-reactive ketones (excluding diaryl/α,β-unsaturated/α-hetero) is 1. The molecule has 2 aliphatic heterocycles. The van der Waals surface area contributed by atoms with E-state index in [1.165, 1.54) is 18.2 Å². The second-order valence-corrected chi connectivity index (χ2v) is 7.21. The zero-order valence-corrected chi connectivity index (χ0v) is 15.5. The molecule has 1 saturated heterocycles. The van der Waals surface area contributed by atoms with E-state index < -0.39 is 29.8 Å². The quantitative estimate of drug-likeness (QED) is 0.628. The smallest absolute Gasteiger partial charge is 0.325 e. The molecular weight excluding hydrogens is 391 g/mol. The molecule has 3 amide bonds. The molecule has 4 rings (SSSR count). The van der Waals surface area contributed by atoms with Gasteiger partial charge in [-0.1, -0.05) is 41.4 Å². The van der Waals surface area contributed by atoms with E-state index in [1.807, 2.05) is 0 Å². The predicted molar refractivity (Wildman–Crippen MR) is 99.3 cm³/mol. The van der Waals surface area contributed by atoms with Crippen molar-refractivity contribution in [1.82, 2.24) is 10.2 Å². The first-order valence-electron chi connectivity index (χ1n) is 8.27. The fraction of sp³-hybridized carbons (Fsp3) is 0.211. The summed E-state index contributed by atoms with van der Waals surface area (Å²) in [5.41, 5.74) is -0.417. The highest BCUT2D eigenvalue weighted by molar-refractivity contribution is 6.37. The number of nitrogens with zero attached hydrogens (tertiary/aromatic N) is 1. The lowest BCUT2D eigenvalue weighted by Gasteiger charge is -2.33. The SMILES string of the molecule is O=C(CN1C(=O)N[C@]2(CCOc3ccccc32)C1=O)c1ccc(Cl)cc1Cl. The number of benzene rings is 2. The zero-order valence-electron chi connectivity index (χ0n) is 14.0. The second kappa shape index (κ2) is 6.55. The summed E-state index contributed by atoms with van der Waals surface area (Å²) in [5, 5.41) is 3.32. The number of imide groups is 1. The minimum Gasteiger partial charge on any atom is -0.493 e. The Bertz CT molecular complexity index is 978. The van der Waals surface area contributed by atoms with Gasteiger partial charge in [-0.05, 0) is 24.3 Å². The highest BCUT2D eigenvalue weighted by Crippen LogP contribution is 2.41. The molecule has 8 heteroatoms. The standard InChI is InChI=1S/C19H14Cl2N2O4/c20-11-5-6-12(14(21)9-11)15(24)10-23-17(25)19(22-18(23)26)7-8-27-16-4-2-1-3-13(16)19/h1-6,9H,7-8,10H2,(H,22,26)/t19-/m0/s1. The van der Waals surface area contributed by atoms with Gasteiger partial charge in [0.25, 0.3) is 5.91 Å². The summed E-state index contributed by atoms with van der Waals surface area (Å²) < 4.78 is 5.59. The van der Waals surface area contributed by atoms with Gasteiger partial charge < -0.3 is 10.1 Å². The van der Waals surface area contributed by atoms with Gasteiger partial charge in [0.05, 0.1) is 18.2 Å². The molecule has 0 unspecified atom stereocenters. The number of rotatable bonds is 3. The molecule has 1 N–H and O–H groups in total. The second-order valence-electron chi connectivity index (χ2n) is 6.37. The largest absolute Gasteiger partial charge is 0.493 e. The molecule has 1 atom stereocenters. The van der Waals surface area contributed by atoms with Crippen LogP contribution >= 0.6 is 23.2 Å². The Labute approximate surface area is 165 Å². The molecular formula is C19H14Cl2N2O4. The molecule has 1 spiro atoms. The van der Waals surface area contributed by atoms with E-state index in [4.69, 9.17) is 27.9 Å². The number of carbonyl (C=O) groups is 3. The highest BCUT2D eigenvalue weighted by Gasteiger charge is 2.55. The number of urea groups is 1. The fourth-order valence-corrected chi connectivity index (χ4v) is 3.97. The first kappa shape index (κ1) is 17.8. The molecule has 2 aromatic rings. The molecule has 2 heterocycles. The summed E-state index contributed by atoms with van der Waals surface area (Å²) >= 11 is 11.9. The lowest BCUT2D eigenvalue weighted by molar-refractivity contribution is -0.132. The van der Waals surface area contributed by atoms with Gasteiger partial charge in [-0.15, -0.1) is 0 Å². The Balaban J connectivity index is 1.64. The first-order valence-corrected chi connectivity index (χ1v) is 9.02. The number of ketones is 1. The van der Waals surface area contributed by atoms with Gasteiger partial charge >= 0.3 is 6.03 Å². The summed E-state index contributed by atoms with van der Waals surface area (Å²) in [6.45, 7) is -0.120. The number of nitrogens with one attached hydrogen (secondary N) is 1. The van der Waals surface area contributed by atoms with Crippen molar-refractivity contribution < 1.29 is 19.1 Å². The van der Waals surface area contributed by atoms with Crippen molar-refractivity contribution in [2.45, 2.75) is 12.0 Å². The number of ether oxygens (including phenoxy) is 1. The zero-order chi connectivity index (χ0) is 19.2. The number of hydrogen-bond acceptors (Lipinski definition) is 4. The van der Waals surface area contributed by atoms with Gasteiger partial charge in [-0.3, -0.25) is 14.5 Å². The van der Waals surface area contributed by atoms with Gasteiger partial charge in [0, 0.05) is 22.6 Å². The van der Waals surface area contributed by atoms with E-state index in [0.29, 0.717) is 22.8 Å². The molecule has 0 aromatic heterocycles. The molecule has 2 aliphatic rings. The number of fused-ring (bicyclic) bond motifs is 2. The van der Waals surface area contributed by atoms with E-state index in [1.54, 1.807) is 24.3 Å². The molecule has 138 valence electrons. The third-order valence-electron chi connectivity index (χ3n) is 4.79. The summed E-state index contributed by atoms with van der Waals surface area (Å²) in [5.74, 6) is -0.370. The Morgan fingerprint density at radius 3 is 2.74 bits per heavy atom.